The van der Waals surface area contributed by atoms with Gasteiger partial charge in [-0.15, -0.1) is 11.3 Å². The summed E-state index contributed by atoms with van der Waals surface area (Å²) < 4.78 is 13.2. The van der Waals surface area contributed by atoms with Crippen LogP contribution in [0, 0.1) is 0 Å². The van der Waals surface area contributed by atoms with E-state index in [1.807, 2.05) is 25.3 Å². The van der Waals surface area contributed by atoms with E-state index < -0.39 is 9.71 Å². The van der Waals surface area contributed by atoms with Crippen LogP contribution in [0.5, 0.6) is 0 Å². The molecule has 0 aromatic carbocycles. The van der Waals surface area contributed by atoms with E-state index in [0.717, 1.165) is 10.6 Å². The first-order valence-corrected chi connectivity index (χ1v) is 7.91. The van der Waals surface area contributed by atoms with Crippen LogP contribution in [0.3, 0.4) is 0 Å². The van der Waals surface area contributed by atoms with Gasteiger partial charge in [0.05, 0.1) is 4.21 Å². The number of halogens is 1. The highest BCUT2D eigenvalue weighted by atomic mass is 35.7. The monoisotopic (exact) mass is 255 g/mol. The van der Waals surface area contributed by atoms with Crippen LogP contribution in [0.2, 0.25) is 0 Å². The smallest absolute Gasteiger partial charge is 0.0931 e. The fraction of sp³-hybridized carbons (Fsp3) is 0.556. The molecular weight excluding hydrogens is 238 g/mol. The van der Waals surface area contributed by atoms with Gasteiger partial charge in [-0.05, 0) is 41.2 Å². The maximum atomic E-state index is 9.65. The molecule has 5 heteroatoms. The molecule has 0 saturated carbocycles. The fourth-order valence-electron chi connectivity index (χ4n) is 0.781. The summed E-state index contributed by atoms with van der Waals surface area (Å²) >= 11 is 1.50. The number of rotatable bonds is 3. The van der Waals surface area contributed by atoms with Crippen LogP contribution in [0.25, 0.3) is 0 Å². The van der Waals surface area contributed by atoms with Crippen LogP contribution in [-0.2, 0) is 6.42 Å². The van der Waals surface area contributed by atoms with Crippen molar-refractivity contribution in [3.05, 3.63) is 17.0 Å². The van der Waals surface area contributed by atoms with Crippen molar-refractivity contribution in [2.75, 3.05) is 7.05 Å². The van der Waals surface area contributed by atoms with Gasteiger partial charge in [0.25, 0.3) is 0 Å². The van der Waals surface area contributed by atoms with E-state index in [2.05, 4.69) is 11.6 Å². The highest BCUT2D eigenvalue weighted by molar-refractivity contribution is 8.46. The second-order valence-corrected chi connectivity index (χ2v) is 6.71. The first kappa shape index (κ1) is 14.3. The van der Waals surface area contributed by atoms with E-state index >= 15 is 0 Å². The standard InChI is InChI=1S/C7H12ClNOS2.C2H6/c1-3-6-4-7(11-5-6)12(8,10)9-2;1-2/h4-5,9-10H,3H2,1-2H3;1-2H3. The minimum Gasteiger partial charge on any atom is -0.321 e. The Morgan fingerprint density at radius 2 is 2.14 bits per heavy atom. The zero-order valence-electron chi connectivity index (χ0n) is 9.00. The molecule has 84 valence electrons. The summed E-state index contributed by atoms with van der Waals surface area (Å²) in [6.45, 7) is 6.08. The van der Waals surface area contributed by atoms with E-state index in [1.165, 1.54) is 16.9 Å². The van der Waals surface area contributed by atoms with Crippen LogP contribution < -0.4 is 4.72 Å². The number of hydrogen-bond donors (Lipinski definition) is 2. The van der Waals surface area contributed by atoms with Crippen molar-refractivity contribution in [2.24, 2.45) is 0 Å². The molecule has 0 saturated heterocycles. The first-order chi connectivity index (χ1) is 6.60. The largest absolute Gasteiger partial charge is 0.321 e. The Labute approximate surface area is 96.5 Å². The molecule has 1 rings (SSSR count). The second-order valence-electron chi connectivity index (χ2n) is 2.34. The van der Waals surface area contributed by atoms with Crippen molar-refractivity contribution >= 4 is 31.7 Å². The zero-order chi connectivity index (χ0) is 11.2. The first-order valence-electron chi connectivity index (χ1n) is 4.61. The van der Waals surface area contributed by atoms with Crippen molar-refractivity contribution in [1.29, 1.82) is 0 Å². The Kier molecular flexibility index (Phi) is 6.81. The highest BCUT2D eigenvalue weighted by Crippen LogP contribution is 2.55. The van der Waals surface area contributed by atoms with Gasteiger partial charge in [0.15, 0.2) is 0 Å². The molecule has 14 heavy (non-hydrogen) atoms. The number of nitrogens with one attached hydrogen (secondary N) is 1. The highest BCUT2D eigenvalue weighted by Gasteiger charge is 2.19. The van der Waals surface area contributed by atoms with Crippen LogP contribution in [0.15, 0.2) is 15.7 Å². The predicted octanol–water partition coefficient (Wildman–Crippen LogP) is 4.26. The van der Waals surface area contributed by atoms with Crippen molar-refractivity contribution in [1.82, 2.24) is 4.72 Å². The third-order valence-corrected chi connectivity index (χ3v) is 5.79. The van der Waals surface area contributed by atoms with Crippen molar-refractivity contribution < 1.29 is 4.55 Å². The van der Waals surface area contributed by atoms with E-state index in [0.29, 0.717) is 0 Å². The van der Waals surface area contributed by atoms with Gasteiger partial charge in [0, 0.05) is 9.71 Å². The van der Waals surface area contributed by atoms with Gasteiger partial charge in [-0.25, -0.2) is 4.72 Å². The fourth-order valence-corrected chi connectivity index (χ4v) is 3.38. The summed E-state index contributed by atoms with van der Waals surface area (Å²) in [5.41, 5.74) is 1.22. The molecule has 0 bridgehead atoms. The summed E-state index contributed by atoms with van der Waals surface area (Å²) in [7, 11) is 5.27. The van der Waals surface area contributed by atoms with Crippen LogP contribution in [0.4, 0.5) is 0 Å². The van der Waals surface area contributed by atoms with Gasteiger partial charge in [-0.2, -0.15) is 0 Å². The summed E-state index contributed by atoms with van der Waals surface area (Å²) in [5.74, 6) is 0. The van der Waals surface area contributed by atoms with E-state index in [-0.39, 0.29) is 0 Å². The third-order valence-electron chi connectivity index (χ3n) is 1.58. The Hall–Kier alpha value is 0.260. The lowest BCUT2D eigenvalue weighted by molar-refractivity contribution is 0.633. The minimum atomic E-state index is -2.25. The molecule has 0 amide bonds. The Balaban J connectivity index is 0.000000791. The molecule has 2 nitrogen and oxygen atoms in total. The minimum absolute atomic E-state index is 0.823. The average molecular weight is 256 g/mol. The van der Waals surface area contributed by atoms with Crippen molar-refractivity contribution in [3.63, 3.8) is 0 Å². The average Bonchev–Trinajstić information content (AvgIpc) is 2.70. The van der Waals surface area contributed by atoms with Gasteiger partial charge in [0.2, 0.25) is 0 Å². The van der Waals surface area contributed by atoms with Gasteiger partial charge in [-0.3, -0.25) is 0 Å². The second kappa shape index (κ2) is 6.69. The molecule has 0 aliphatic carbocycles. The van der Waals surface area contributed by atoms with Gasteiger partial charge < -0.3 is 4.55 Å². The zero-order valence-corrected chi connectivity index (χ0v) is 11.4. The van der Waals surface area contributed by atoms with Gasteiger partial charge >= 0.3 is 0 Å². The molecule has 1 heterocycles. The maximum Gasteiger partial charge on any atom is 0.0931 e. The molecule has 0 spiro atoms. The molecule has 0 radical (unpaired) electrons. The SMILES string of the molecule is CC.CCc1csc(S(O)(Cl)NC)c1. The molecule has 0 fully saturated rings. The van der Waals surface area contributed by atoms with E-state index in [9.17, 15) is 4.55 Å². The van der Waals surface area contributed by atoms with E-state index in [4.69, 9.17) is 10.7 Å². The van der Waals surface area contributed by atoms with Crippen LogP contribution in [-0.4, -0.2) is 11.6 Å². The van der Waals surface area contributed by atoms with Crippen molar-refractivity contribution in [2.45, 2.75) is 31.4 Å². The Morgan fingerprint density at radius 3 is 2.50 bits per heavy atom. The maximum absolute atomic E-state index is 9.65. The Morgan fingerprint density at radius 1 is 1.57 bits per heavy atom. The summed E-state index contributed by atoms with van der Waals surface area (Å²) in [6.07, 6.45) is 0.979. The molecular formula is C9H18ClNOS2. The molecule has 2 N–H and O–H groups in total. The van der Waals surface area contributed by atoms with Gasteiger partial charge in [-0.1, -0.05) is 20.8 Å². The van der Waals surface area contributed by atoms with Gasteiger partial charge in [0.1, 0.15) is 0 Å². The topological polar surface area (TPSA) is 32.3 Å². The molecule has 1 aromatic heterocycles. The van der Waals surface area contributed by atoms with Crippen LogP contribution in [0.1, 0.15) is 26.3 Å². The Bertz CT molecular complexity index is 263. The third kappa shape index (κ3) is 3.79. The molecule has 0 aliphatic heterocycles. The van der Waals surface area contributed by atoms with E-state index in [1.54, 1.807) is 7.05 Å². The summed E-state index contributed by atoms with van der Waals surface area (Å²) in [4.78, 5) is 0. The lowest BCUT2D eigenvalue weighted by atomic mass is 10.3. The van der Waals surface area contributed by atoms with Crippen LogP contribution >= 0.6 is 31.7 Å². The summed E-state index contributed by atoms with van der Waals surface area (Å²) in [5, 5.41) is 2.02. The normalized spacial score (nSPS) is 16.4. The summed E-state index contributed by atoms with van der Waals surface area (Å²) in [6, 6.07) is 1.95. The molecule has 0 aliphatic rings. The molecule has 1 unspecified atom stereocenters. The van der Waals surface area contributed by atoms with Crippen molar-refractivity contribution in [3.8, 4) is 0 Å². The lowest BCUT2D eigenvalue weighted by Gasteiger charge is -2.22. The quantitative estimate of drug-likeness (QED) is 0.846. The number of hydrogen-bond acceptors (Lipinski definition) is 3. The predicted molar refractivity (Wildman–Crippen MR) is 68.4 cm³/mol. The molecule has 1 atom stereocenters. The lowest BCUT2D eigenvalue weighted by Crippen LogP contribution is -2.08. The molecule has 1 aromatic rings. The number of aryl methyl sites for hydroxylation is 1. The number of thiophene rings is 1.